The molecule has 3 rings (SSSR count). The number of unbranched alkanes of at least 4 members (excludes halogenated alkanes) is 1. The molecule has 0 aliphatic heterocycles. The molecule has 1 aliphatic rings. The fourth-order valence-corrected chi connectivity index (χ4v) is 5.61. The average molecular weight is 443 g/mol. The van der Waals surface area contributed by atoms with Crippen molar-refractivity contribution in [1.29, 1.82) is 5.26 Å². The molecule has 1 aliphatic carbocycles. The Morgan fingerprint density at radius 1 is 1.26 bits per heavy atom. The maximum absolute atomic E-state index is 14.1. The Hall–Kier alpha value is -2.09. The maximum atomic E-state index is 14.1. The number of rotatable bonds is 8. The van der Waals surface area contributed by atoms with Gasteiger partial charge in [-0.05, 0) is 79.3 Å². The van der Waals surface area contributed by atoms with Crippen LogP contribution in [0.2, 0.25) is 5.02 Å². The zero-order valence-electron chi connectivity index (χ0n) is 18.7. The van der Waals surface area contributed by atoms with Gasteiger partial charge in [-0.2, -0.15) is 5.26 Å². The Morgan fingerprint density at radius 3 is 2.68 bits per heavy atom. The lowest BCUT2D eigenvalue weighted by atomic mass is 9.75. The van der Waals surface area contributed by atoms with E-state index in [1.807, 2.05) is 12.1 Å². The Labute approximate surface area is 190 Å². The van der Waals surface area contributed by atoms with Crippen molar-refractivity contribution in [2.45, 2.75) is 75.7 Å². The number of halogens is 2. The summed E-state index contributed by atoms with van der Waals surface area (Å²) in [5.74, 6) is 0.685. The van der Waals surface area contributed by atoms with Crippen molar-refractivity contribution in [2.24, 2.45) is 5.73 Å². The van der Waals surface area contributed by atoms with E-state index in [1.165, 1.54) is 6.07 Å². The molecule has 2 aromatic carbocycles. The monoisotopic (exact) mass is 442 g/mol. The first kappa shape index (κ1) is 23.6. The number of ether oxygens (including phenoxy) is 1. The molecule has 1 saturated carbocycles. The SMILES string of the molecule is CCCCC(CC1(N)CCC(C)(c2cc(F)ccc2OC)C1)c1ccc(C#N)cc1Cl. The van der Waals surface area contributed by atoms with E-state index in [-0.39, 0.29) is 22.7 Å². The molecule has 0 heterocycles. The molecular weight excluding hydrogens is 411 g/mol. The first-order valence-electron chi connectivity index (χ1n) is 11.1. The lowest BCUT2D eigenvalue weighted by molar-refractivity contribution is 0.327. The van der Waals surface area contributed by atoms with Crippen molar-refractivity contribution in [2.75, 3.05) is 7.11 Å². The van der Waals surface area contributed by atoms with Gasteiger partial charge in [-0.3, -0.25) is 0 Å². The summed E-state index contributed by atoms with van der Waals surface area (Å²) in [5.41, 5.74) is 8.90. The Balaban J connectivity index is 1.87. The molecule has 3 atom stereocenters. The van der Waals surface area contributed by atoms with Gasteiger partial charge in [-0.15, -0.1) is 0 Å². The third kappa shape index (κ3) is 5.22. The summed E-state index contributed by atoms with van der Waals surface area (Å²) in [6, 6.07) is 12.4. The molecule has 0 spiro atoms. The molecule has 2 N–H and O–H groups in total. The van der Waals surface area contributed by atoms with Crippen LogP contribution in [0.5, 0.6) is 5.75 Å². The van der Waals surface area contributed by atoms with Crippen LogP contribution in [0.1, 0.15) is 81.4 Å². The smallest absolute Gasteiger partial charge is 0.123 e. The lowest BCUT2D eigenvalue weighted by Gasteiger charge is -2.33. The minimum absolute atomic E-state index is 0.224. The summed E-state index contributed by atoms with van der Waals surface area (Å²) in [6.45, 7) is 4.34. The number of methoxy groups -OCH3 is 1. The lowest BCUT2D eigenvalue weighted by Crippen LogP contribution is -2.40. The first-order chi connectivity index (χ1) is 14.7. The third-order valence-electron chi connectivity index (χ3n) is 6.86. The highest BCUT2D eigenvalue weighted by molar-refractivity contribution is 6.31. The van der Waals surface area contributed by atoms with E-state index in [0.29, 0.717) is 16.3 Å². The Morgan fingerprint density at radius 2 is 2.03 bits per heavy atom. The van der Waals surface area contributed by atoms with E-state index in [2.05, 4.69) is 19.9 Å². The summed E-state index contributed by atoms with van der Waals surface area (Å²) in [6.07, 6.45) is 6.50. The van der Waals surface area contributed by atoms with Crippen LogP contribution >= 0.6 is 11.6 Å². The van der Waals surface area contributed by atoms with Crippen molar-refractivity contribution >= 4 is 11.6 Å². The van der Waals surface area contributed by atoms with E-state index in [4.69, 9.17) is 27.3 Å². The van der Waals surface area contributed by atoms with Gasteiger partial charge in [-0.25, -0.2) is 4.39 Å². The van der Waals surface area contributed by atoms with Crippen molar-refractivity contribution in [3.8, 4) is 11.8 Å². The predicted molar refractivity (Wildman–Crippen MR) is 124 cm³/mol. The number of nitriles is 1. The minimum Gasteiger partial charge on any atom is -0.496 e. The van der Waals surface area contributed by atoms with Crippen LogP contribution in [0.4, 0.5) is 4.39 Å². The molecule has 3 nitrogen and oxygen atoms in total. The van der Waals surface area contributed by atoms with Gasteiger partial charge in [0.1, 0.15) is 11.6 Å². The second kappa shape index (κ2) is 9.59. The fourth-order valence-electron chi connectivity index (χ4n) is 5.27. The molecule has 5 heteroatoms. The van der Waals surface area contributed by atoms with E-state index >= 15 is 0 Å². The second-order valence-corrected chi connectivity index (χ2v) is 9.74. The van der Waals surface area contributed by atoms with Crippen LogP contribution in [0.3, 0.4) is 0 Å². The van der Waals surface area contributed by atoms with Gasteiger partial charge in [0.05, 0.1) is 18.7 Å². The Kier molecular flexibility index (Phi) is 7.29. The quantitative estimate of drug-likeness (QED) is 0.485. The fraction of sp³-hybridized carbons (Fsp3) is 0.500. The number of nitrogens with two attached hydrogens (primary N) is 1. The van der Waals surface area contributed by atoms with Crippen LogP contribution in [-0.2, 0) is 5.41 Å². The zero-order chi connectivity index (χ0) is 22.6. The summed E-state index contributed by atoms with van der Waals surface area (Å²) in [5, 5.41) is 9.80. The van der Waals surface area contributed by atoms with Gasteiger partial charge in [-0.1, -0.05) is 44.4 Å². The molecule has 3 unspecified atom stereocenters. The summed E-state index contributed by atoms with van der Waals surface area (Å²) in [7, 11) is 1.62. The predicted octanol–water partition coefficient (Wildman–Crippen LogP) is 6.86. The molecule has 31 heavy (non-hydrogen) atoms. The van der Waals surface area contributed by atoms with Gasteiger partial charge in [0, 0.05) is 16.1 Å². The number of nitrogens with zero attached hydrogens (tertiary/aromatic N) is 1. The van der Waals surface area contributed by atoms with Gasteiger partial charge in [0.25, 0.3) is 0 Å². The molecular formula is C26H32ClFN2O. The van der Waals surface area contributed by atoms with Crippen LogP contribution < -0.4 is 10.5 Å². The number of benzene rings is 2. The maximum Gasteiger partial charge on any atom is 0.123 e. The normalized spacial score (nSPS) is 24.0. The van der Waals surface area contributed by atoms with Crippen molar-refractivity contribution in [3.05, 3.63) is 63.9 Å². The highest BCUT2D eigenvalue weighted by Gasteiger charge is 2.46. The molecule has 1 fully saturated rings. The van der Waals surface area contributed by atoms with Gasteiger partial charge < -0.3 is 10.5 Å². The highest BCUT2D eigenvalue weighted by Crippen LogP contribution is 2.51. The van der Waals surface area contributed by atoms with Gasteiger partial charge in [0.2, 0.25) is 0 Å². The van der Waals surface area contributed by atoms with Crippen LogP contribution in [0, 0.1) is 17.1 Å². The largest absolute Gasteiger partial charge is 0.496 e. The number of hydrogen-bond acceptors (Lipinski definition) is 3. The van der Waals surface area contributed by atoms with E-state index in [1.54, 1.807) is 25.3 Å². The standard InChI is InChI=1S/C26H32ClFN2O/c1-4-5-6-19(21-9-7-18(16-29)13-23(21)27)15-26(30)12-11-25(2,17-26)22-14-20(28)8-10-24(22)31-3/h7-10,13-14,19H,4-6,11-12,15,17,30H2,1-3H3. The van der Waals surface area contributed by atoms with Crippen molar-refractivity contribution < 1.29 is 9.13 Å². The van der Waals surface area contributed by atoms with Crippen LogP contribution in [0.15, 0.2) is 36.4 Å². The Bertz CT molecular complexity index is 972. The molecule has 0 amide bonds. The topological polar surface area (TPSA) is 59.0 Å². The summed E-state index contributed by atoms with van der Waals surface area (Å²) < 4.78 is 19.6. The molecule has 0 aromatic heterocycles. The van der Waals surface area contributed by atoms with Gasteiger partial charge >= 0.3 is 0 Å². The summed E-state index contributed by atoms with van der Waals surface area (Å²) >= 11 is 6.57. The third-order valence-corrected chi connectivity index (χ3v) is 7.18. The van der Waals surface area contributed by atoms with Crippen molar-refractivity contribution in [1.82, 2.24) is 0 Å². The molecule has 0 radical (unpaired) electrons. The molecule has 0 saturated heterocycles. The molecule has 2 aromatic rings. The zero-order valence-corrected chi connectivity index (χ0v) is 19.4. The second-order valence-electron chi connectivity index (χ2n) is 9.34. The van der Waals surface area contributed by atoms with E-state index < -0.39 is 0 Å². The van der Waals surface area contributed by atoms with Gasteiger partial charge in [0.15, 0.2) is 0 Å². The minimum atomic E-state index is -0.373. The van der Waals surface area contributed by atoms with Crippen LogP contribution in [-0.4, -0.2) is 12.6 Å². The summed E-state index contributed by atoms with van der Waals surface area (Å²) in [4.78, 5) is 0. The van der Waals surface area contributed by atoms with Crippen molar-refractivity contribution in [3.63, 3.8) is 0 Å². The van der Waals surface area contributed by atoms with E-state index in [0.717, 1.165) is 56.1 Å². The first-order valence-corrected chi connectivity index (χ1v) is 11.4. The van der Waals surface area contributed by atoms with Crippen LogP contribution in [0.25, 0.3) is 0 Å². The number of hydrogen-bond donors (Lipinski definition) is 1. The molecule has 0 bridgehead atoms. The van der Waals surface area contributed by atoms with E-state index in [9.17, 15) is 4.39 Å². The highest BCUT2D eigenvalue weighted by atomic mass is 35.5. The average Bonchev–Trinajstić information content (AvgIpc) is 3.06. The molecule has 166 valence electrons.